The third-order valence-electron chi connectivity index (χ3n) is 7.21. The number of benzene rings is 2. The minimum Gasteiger partial charge on any atom is -0.378 e. The second-order valence-corrected chi connectivity index (χ2v) is 9.71. The summed E-state index contributed by atoms with van der Waals surface area (Å²) in [4.78, 5) is 8.51. The summed E-state index contributed by atoms with van der Waals surface area (Å²) in [7, 11) is 2.12. The van der Waals surface area contributed by atoms with Crippen LogP contribution in [0.4, 0.5) is 13.2 Å². The van der Waals surface area contributed by atoms with Gasteiger partial charge in [-0.25, -0.2) is 0 Å². The Morgan fingerprint density at radius 1 is 1.03 bits per heavy atom. The van der Waals surface area contributed by atoms with Crippen LogP contribution in [0.1, 0.15) is 50.7 Å². The van der Waals surface area contributed by atoms with Crippen LogP contribution < -0.4 is 10.2 Å². The SMILES string of the molecule is CC1=C(N[C@@H]2CCCN(C)C2)N(Oc2cccc(C(F)(F)F)c2)C(C)C(C)C1c1ccccc1. The summed E-state index contributed by atoms with van der Waals surface area (Å²) in [5.41, 5.74) is 1.66. The zero-order valence-corrected chi connectivity index (χ0v) is 20.3. The van der Waals surface area contributed by atoms with Crippen LogP contribution in [0.15, 0.2) is 66.0 Å². The van der Waals surface area contributed by atoms with Crippen LogP contribution in [0.5, 0.6) is 5.75 Å². The minimum atomic E-state index is -4.42. The van der Waals surface area contributed by atoms with Crippen LogP contribution in [0.2, 0.25) is 0 Å². The molecule has 3 unspecified atom stereocenters. The number of hydrogen-bond donors (Lipinski definition) is 1. The van der Waals surface area contributed by atoms with Gasteiger partial charge in [0.15, 0.2) is 5.75 Å². The van der Waals surface area contributed by atoms with Crippen LogP contribution in [-0.2, 0) is 6.18 Å². The number of allylic oxidation sites excluding steroid dienone is 1. The van der Waals surface area contributed by atoms with Crippen molar-refractivity contribution >= 4 is 0 Å². The van der Waals surface area contributed by atoms with Crippen molar-refractivity contribution < 1.29 is 18.0 Å². The molecule has 1 fully saturated rings. The van der Waals surface area contributed by atoms with Gasteiger partial charge in [0, 0.05) is 18.5 Å². The normalized spacial score (nSPS) is 26.5. The molecular weight excluding hydrogens is 439 g/mol. The molecule has 2 aromatic carbocycles. The zero-order chi connectivity index (χ0) is 24.5. The van der Waals surface area contributed by atoms with E-state index in [0.717, 1.165) is 49.5 Å². The van der Waals surface area contributed by atoms with Crippen molar-refractivity contribution in [2.45, 2.75) is 57.8 Å². The number of likely N-dealkylation sites (tertiary alicyclic amines) is 1. The number of hydrogen-bond acceptors (Lipinski definition) is 4. The van der Waals surface area contributed by atoms with Gasteiger partial charge in [-0.1, -0.05) is 43.3 Å². The largest absolute Gasteiger partial charge is 0.416 e. The van der Waals surface area contributed by atoms with Gasteiger partial charge in [-0.05, 0) is 75.5 Å². The molecule has 1 saturated heterocycles. The maximum absolute atomic E-state index is 13.3. The molecule has 0 aliphatic carbocycles. The van der Waals surface area contributed by atoms with E-state index in [0.29, 0.717) is 0 Å². The summed E-state index contributed by atoms with van der Waals surface area (Å²) in [5, 5.41) is 5.52. The molecule has 2 aromatic rings. The molecule has 0 radical (unpaired) electrons. The van der Waals surface area contributed by atoms with E-state index in [1.165, 1.54) is 11.6 Å². The first-order valence-electron chi connectivity index (χ1n) is 12.0. The first-order valence-corrected chi connectivity index (χ1v) is 12.0. The highest BCUT2D eigenvalue weighted by atomic mass is 19.4. The predicted molar refractivity (Wildman–Crippen MR) is 128 cm³/mol. The Hall–Kier alpha value is -2.67. The lowest BCUT2D eigenvalue weighted by Crippen LogP contribution is -2.53. The van der Waals surface area contributed by atoms with E-state index in [1.807, 2.05) is 6.07 Å². The highest BCUT2D eigenvalue weighted by molar-refractivity contribution is 5.35. The molecule has 34 heavy (non-hydrogen) atoms. The smallest absolute Gasteiger partial charge is 0.378 e. The van der Waals surface area contributed by atoms with Crippen molar-refractivity contribution in [1.29, 1.82) is 0 Å². The molecule has 2 aliphatic rings. The second kappa shape index (κ2) is 9.90. The quantitative estimate of drug-likeness (QED) is 0.573. The van der Waals surface area contributed by atoms with E-state index in [9.17, 15) is 13.2 Å². The fourth-order valence-electron chi connectivity index (χ4n) is 5.25. The van der Waals surface area contributed by atoms with Crippen molar-refractivity contribution in [3.8, 4) is 5.75 Å². The highest BCUT2D eigenvalue weighted by Gasteiger charge is 2.40. The maximum atomic E-state index is 13.3. The van der Waals surface area contributed by atoms with Crippen LogP contribution in [-0.4, -0.2) is 42.2 Å². The predicted octanol–water partition coefficient (Wildman–Crippen LogP) is 6.04. The summed E-state index contributed by atoms with van der Waals surface area (Å²) in [6.07, 6.45) is -2.28. The molecule has 184 valence electrons. The van der Waals surface area contributed by atoms with E-state index in [1.54, 1.807) is 11.1 Å². The Labute approximate surface area is 200 Å². The lowest BCUT2D eigenvalue weighted by atomic mass is 9.76. The number of nitrogens with zero attached hydrogens (tertiary/aromatic N) is 2. The lowest BCUT2D eigenvalue weighted by Gasteiger charge is -2.46. The van der Waals surface area contributed by atoms with E-state index >= 15 is 0 Å². The Morgan fingerprint density at radius 3 is 2.44 bits per heavy atom. The molecule has 0 bridgehead atoms. The van der Waals surface area contributed by atoms with Gasteiger partial charge in [0.1, 0.15) is 5.82 Å². The molecule has 0 saturated carbocycles. The number of rotatable bonds is 5. The Kier molecular flexibility index (Phi) is 7.12. The van der Waals surface area contributed by atoms with Gasteiger partial charge in [-0.15, -0.1) is 0 Å². The summed E-state index contributed by atoms with van der Waals surface area (Å²) in [5.74, 6) is 1.41. The number of hydroxylamine groups is 2. The Bertz CT molecular complexity index is 1010. The molecule has 2 heterocycles. The number of alkyl halides is 3. The molecule has 7 heteroatoms. The minimum absolute atomic E-state index is 0.0627. The molecular formula is C27H34F3N3O. The highest BCUT2D eigenvalue weighted by Crippen LogP contribution is 2.42. The third-order valence-corrected chi connectivity index (χ3v) is 7.21. The van der Waals surface area contributed by atoms with Crippen LogP contribution >= 0.6 is 0 Å². The molecule has 4 nitrogen and oxygen atoms in total. The summed E-state index contributed by atoms with van der Waals surface area (Å²) in [6.45, 7) is 8.35. The maximum Gasteiger partial charge on any atom is 0.416 e. The van der Waals surface area contributed by atoms with Crippen molar-refractivity contribution in [3.05, 3.63) is 77.1 Å². The first kappa shape index (κ1) is 24.5. The van der Waals surface area contributed by atoms with Crippen molar-refractivity contribution in [2.24, 2.45) is 5.92 Å². The van der Waals surface area contributed by atoms with Gasteiger partial charge in [0.2, 0.25) is 0 Å². The third kappa shape index (κ3) is 5.19. The Balaban J connectivity index is 1.72. The van der Waals surface area contributed by atoms with E-state index in [4.69, 9.17) is 4.84 Å². The fourth-order valence-corrected chi connectivity index (χ4v) is 5.25. The second-order valence-electron chi connectivity index (χ2n) is 9.71. The van der Waals surface area contributed by atoms with Gasteiger partial charge in [0.25, 0.3) is 0 Å². The average Bonchev–Trinajstić information content (AvgIpc) is 2.80. The van der Waals surface area contributed by atoms with Gasteiger partial charge in [-0.3, -0.25) is 0 Å². The average molecular weight is 474 g/mol. The molecule has 4 rings (SSSR count). The number of piperidine rings is 1. The zero-order valence-electron chi connectivity index (χ0n) is 20.3. The van der Waals surface area contributed by atoms with Gasteiger partial charge in [0.05, 0.1) is 11.6 Å². The standard InChI is InChI=1S/C27H34F3N3O/c1-18-20(3)33(34-24-14-8-12-22(16-24)27(28,29)30)26(31-23-13-9-15-32(4)17-23)19(2)25(18)21-10-6-5-7-11-21/h5-8,10-12,14,16,18,20,23,25,31H,9,13,15,17H2,1-4H3/t18?,20?,23-,25?/m1/s1. The number of nitrogens with one attached hydrogen (secondary N) is 1. The van der Waals surface area contributed by atoms with Crippen molar-refractivity contribution in [1.82, 2.24) is 15.3 Å². The lowest BCUT2D eigenvalue weighted by molar-refractivity contribution is -0.138. The van der Waals surface area contributed by atoms with Crippen LogP contribution in [0.25, 0.3) is 0 Å². The molecule has 0 aromatic heterocycles. The van der Waals surface area contributed by atoms with Gasteiger partial charge < -0.3 is 15.1 Å². The van der Waals surface area contributed by atoms with Crippen LogP contribution in [0, 0.1) is 5.92 Å². The molecule has 2 aliphatic heterocycles. The molecule has 0 amide bonds. The fraction of sp³-hybridized carbons (Fsp3) is 0.481. The van der Waals surface area contributed by atoms with Crippen LogP contribution in [0.3, 0.4) is 0 Å². The van der Waals surface area contributed by atoms with E-state index in [2.05, 4.69) is 62.3 Å². The molecule has 0 spiro atoms. The monoisotopic (exact) mass is 473 g/mol. The van der Waals surface area contributed by atoms with Crippen molar-refractivity contribution in [3.63, 3.8) is 0 Å². The Morgan fingerprint density at radius 2 is 1.76 bits per heavy atom. The first-order chi connectivity index (χ1) is 16.1. The molecule has 1 N–H and O–H groups in total. The van der Waals surface area contributed by atoms with Gasteiger partial charge in [-0.2, -0.15) is 18.2 Å². The van der Waals surface area contributed by atoms with E-state index in [-0.39, 0.29) is 29.7 Å². The summed E-state index contributed by atoms with van der Waals surface area (Å²) in [6, 6.07) is 15.7. The summed E-state index contributed by atoms with van der Waals surface area (Å²) < 4.78 is 39.9. The van der Waals surface area contributed by atoms with Crippen molar-refractivity contribution in [2.75, 3.05) is 20.1 Å². The van der Waals surface area contributed by atoms with Gasteiger partial charge >= 0.3 is 6.18 Å². The van der Waals surface area contributed by atoms with E-state index < -0.39 is 11.7 Å². The number of likely N-dealkylation sites (N-methyl/N-ethyl adjacent to an activating group) is 1. The summed E-state index contributed by atoms with van der Waals surface area (Å²) >= 11 is 0. The topological polar surface area (TPSA) is 27.7 Å². The number of halogens is 3. The molecule has 4 atom stereocenters.